The van der Waals surface area contributed by atoms with Gasteiger partial charge in [-0.15, -0.1) is 0 Å². The van der Waals surface area contributed by atoms with Crippen molar-refractivity contribution in [3.05, 3.63) is 60.2 Å². The molecule has 0 spiro atoms. The van der Waals surface area contributed by atoms with Crippen LogP contribution in [0, 0.1) is 17.3 Å². The molecule has 2 aromatic carbocycles. The first-order valence-corrected chi connectivity index (χ1v) is 9.26. The van der Waals surface area contributed by atoms with Gasteiger partial charge >= 0.3 is 0 Å². The third-order valence-electron chi connectivity index (χ3n) is 6.37. The Labute approximate surface area is 150 Å². The summed E-state index contributed by atoms with van der Waals surface area (Å²) in [4.78, 5) is 0. The molecule has 1 N–H and O–H groups in total. The number of nitrogens with one attached hydrogen (secondary N) is 1. The Morgan fingerprint density at radius 1 is 1.08 bits per heavy atom. The molecular formula is C23H27NO. The minimum atomic E-state index is 0.474. The lowest BCUT2D eigenvalue weighted by molar-refractivity contribution is -0.00630. The molecule has 3 aliphatic carbocycles. The van der Waals surface area contributed by atoms with Crippen molar-refractivity contribution in [1.29, 1.82) is 0 Å². The van der Waals surface area contributed by atoms with Crippen LogP contribution >= 0.6 is 0 Å². The molecule has 1 fully saturated rings. The van der Waals surface area contributed by atoms with E-state index in [-0.39, 0.29) is 0 Å². The molecule has 2 bridgehead atoms. The van der Waals surface area contributed by atoms with E-state index in [0.717, 1.165) is 29.8 Å². The summed E-state index contributed by atoms with van der Waals surface area (Å²) < 4.78 is 5.57. The smallest absolute Gasteiger partial charge is 0.141 e. The second-order valence-electron chi connectivity index (χ2n) is 7.96. The lowest BCUT2D eigenvalue weighted by atomic mass is 9.49. The number of rotatable bonds is 5. The molecule has 0 radical (unpaired) electrons. The van der Waals surface area contributed by atoms with Crippen molar-refractivity contribution in [3.8, 4) is 16.9 Å². The predicted molar refractivity (Wildman–Crippen MR) is 105 cm³/mol. The van der Waals surface area contributed by atoms with E-state index in [1.165, 1.54) is 24.0 Å². The maximum atomic E-state index is 5.57. The number of benzene rings is 2. The van der Waals surface area contributed by atoms with Crippen molar-refractivity contribution in [2.75, 3.05) is 19.0 Å². The molecule has 5 rings (SSSR count). The number of allylic oxidation sites excluding steroid dienone is 1. The number of hydrogen-bond donors (Lipinski definition) is 1. The largest absolute Gasteiger partial charge is 0.495 e. The van der Waals surface area contributed by atoms with Gasteiger partial charge in [-0.3, -0.25) is 0 Å². The minimum absolute atomic E-state index is 0.474. The summed E-state index contributed by atoms with van der Waals surface area (Å²) in [5.41, 5.74) is 5.56. The van der Waals surface area contributed by atoms with E-state index in [9.17, 15) is 0 Å². The van der Waals surface area contributed by atoms with Gasteiger partial charge in [0.1, 0.15) is 5.75 Å². The van der Waals surface area contributed by atoms with Crippen LogP contribution in [0.25, 0.3) is 11.1 Å². The molecule has 0 saturated heterocycles. The number of ether oxygens (including phenoxy) is 1. The minimum Gasteiger partial charge on any atom is -0.495 e. The third kappa shape index (κ3) is 2.84. The van der Waals surface area contributed by atoms with Gasteiger partial charge in [0.25, 0.3) is 0 Å². The molecule has 0 aliphatic heterocycles. The molecule has 2 heteroatoms. The van der Waals surface area contributed by atoms with Crippen molar-refractivity contribution in [3.63, 3.8) is 0 Å². The van der Waals surface area contributed by atoms with Gasteiger partial charge in [0.05, 0.1) is 12.8 Å². The van der Waals surface area contributed by atoms with Crippen LogP contribution in [-0.2, 0) is 0 Å². The highest BCUT2D eigenvalue weighted by molar-refractivity contribution is 5.72. The van der Waals surface area contributed by atoms with Gasteiger partial charge in [-0.2, -0.15) is 0 Å². The zero-order valence-electron chi connectivity index (χ0n) is 15.4. The lowest BCUT2D eigenvalue weighted by Gasteiger charge is -2.56. The molecule has 25 heavy (non-hydrogen) atoms. The second kappa shape index (κ2) is 6.25. The van der Waals surface area contributed by atoms with Crippen LogP contribution in [0.4, 0.5) is 5.69 Å². The fourth-order valence-electron chi connectivity index (χ4n) is 4.53. The average Bonchev–Trinajstić information content (AvgIpc) is 2.66. The third-order valence-corrected chi connectivity index (χ3v) is 6.37. The van der Waals surface area contributed by atoms with Crippen LogP contribution in [0.1, 0.15) is 26.7 Å². The first kappa shape index (κ1) is 16.3. The highest BCUT2D eigenvalue weighted by Gasteiger charge is 2.50. The summed E-state index contributed by atoms with van der Waals surface area (Å²) in [7, 11) is 1.74. The summed E-state index contributed by atoms with van der Waals surface area (Å²) in [5, 5.41) is 3.64. The fourth-order valence-corrected chi connectivity index (χ4v) is 4.53. The number of fused-ring (bicyclic) bond motifs is 1. The molecule has 0 heterocycles. The molecule has 0 aromatic heterocycles. The fraction of sp³-hybridized carbons (Fsp3) is 0.391. The Hall–Kier alpha value is -2.22. The second-order valence-corrected chi connectivity index (χ2v) is 7.96. The van der Waals surface area contributed by atoms with E-state index >= 15 is 0 Å². The zero-order valence-corrected chi connectivity index (χ0v) is 15.4. The van der Waals surface area contributed by atoms with E-state index in [2.05, 4.69) is 73.8 Å². The van der Waals surface area contributed by atoms with Crippen molar-refractivity contribution in [2.45, 2.75) is 26.7 Å². The van der Waals surface area contributed by atoms with E-state index in [0.29, 0.717) is 5.41 Å². The van der Waals surface area contributed by atoms with E-state index in [1.54, 1.807) is 12.7 Å². The maximum absolute atomic E-state index is 5.57. The molecule has 2 nitrogen and oxygen atoms in total. The van der Waals surface area contributed by atoms with Gasteiger partial charge in [0.15, 0.2) is 0 Å². The van der Waals surface area contributed by atoms with Gasteiger partial charge in [0.2, 0.25) is 0 Å². The number of anilines is 1. The molecule has 2 aromatic rings. The van der Waals surface area contributed by atoms with Crippen LogP contribution in [0.15, 0.2) is 60.2 Å². The van der Waals surface area contributed by atoms with Crippen LogP contribution < -0.4 is 10.1 Å². The normalized spacial score (nSPS) is 23.4. The summed E-state index contributed by atoms with van der Waals surface area (Å²) in [6.07, 6.45) is 5.06. The molecular weight excluding hydrogens is 306 g/mol. The summed E-state index contributed by atoms with van der Waals surface area (Å²) in [5.74, 6) is 2.53. The van der Waals surface area contributed by atoms with Crippen LogP contribution in [0.3, 0.4) is 0 Å². The molecule has 0 unspecified atom stereocenters. The number of methoxy groups -OCH3 is 1. The van der Waals surface area contributed by atoms with E-state index in [1.807, 2.05) is 0 Å². The van der Waals surface area contributed by atoms with Crippen molar-refractivity contribution < 1.29 is 4.74 Å². The summed E-state index contributed by atoms with van der Waals surface area (Å²) >= 11 is 0. The summed E-state index contributed by atoms with van der Waals surface area (Å²) in [6, 6.07) is 16.9. The van der Waals surface area contributed by atoms with Crippen LogP contribution in [0.5, 0.6) is 5.75 Å². The monoisotopic (exact) mass is 333 g/mol. The molecule has 1 saturated carbocycles. The summed E-state index contributed by atoms with van der Waals surface area (Å²) in [6.45, 7) is 5.76. The van der Waals surface area contributed by atoms with Crippen molar-refractivity contribution >= 4 is 5.69 Å². The van der Waals surface area contributed by atoms with Gasteiger partial charge < -0.3 is 10.1 Å². The molecule has 2 atom stereocenters. The molecule has 0 amide bonds. The van der Waals surface area contributed by atoms with Gasteiger partial charge in [-0.25, -0.2) is 0 Å². The standard InChI is InChI=1S/C23H27NO/c1-23(2)19-11-9-18(20(23)14-19)15-24-21-13-17(10-12-22(21)25-3)16-7-5-4-6-8-16/h4-10,12-13,19-20,24H,11,14-15H2,1-3H3/t19-,20-/m1/s1. The van der Waals surface area contributed by atoms with E-state index in [4.69, 9.17) is 4.74 Å². The van der Waals surface area contributed by atoms with Gasteiger partial charge in [-0.1, -0.05) is 61.9 Å². The first-order valence-electron chi connectivity index (χ1n) is 9.26. The van der Waals surface area contributed by atoms with Crippen LogP contribution in [-0.4, -0.2) is 13.7 Å². The van der Waals surface area contributed by atoms with Crippen molar-refractivity contribution in [1.82, 2.24) is 0 Å². The van der Waals surface area contributed by atoms with E-state index < -0.39 is 0 Å². The van der Waals surface area contributed by atoms with Crippen LogP contribution in [0.2, 0.25) is 0 Å². The lowest BCUT2D eigenvalue weighted by Crippen LogP contribution is -2.49. The number of hydrogen-bond acceptors (Lipinski definition) is 2. The first-order chi connectivity index (χ1) is 12.1. The van der Waals surface area contributed by atoms with Crippen molar-refractivity contribution in [2.24, 2.45) is 17.3 Å². The zero-order chi connectivity index (χ0) is 17.4. The quantitative estimate of drug-likeness (QED) is 0.702. The maximum Gasteiger partial charge on any atom is 0.141 e. The Balaban J connectivity index is 1.55. The topological polar surface area (TPSA) is 21.3 Å². The highest BCUT2D eigenvalue weighted by Crippen LogP contribution is 2.59. The Kier molecular flexibility index (Phi) is 4.07. The Morgan fingerprint density at radius 2 is 1.88 bits per heavy atom. The van der Waals surface area contributed by atoms with Gasteiger partial charge in [-0.05, 0) is 53.4 Å². The molecule has 3 aliphatic rings. The predicted octanol–water partition coefficient (Wildman–Crippen LogP) is 5.77. The average molecular weight is 333 g/mol. The van der Waals surface area contributed by atoms with Gasteiger partial charge in [0, 0.05) is 6.54 Å². The highest BCUT2D eigenvalue weighted by atomic mass is 16.5. The Bertz CT molecular complexity index is 791. The molecule has 130 valence electrons. The Morgan fingerprint density at radius 3 is 2.56 bits per heavy atom. The SMILES string of the molecule is COc1ccc(-c2ccccc2)cc1NCC1=CC[C@@H]2C[C@H]1C2(C)C.